The van der Waals surface area contributed by atoms with Gasteiger partial charge in [0.1, 0.15) is 0 Å². The Hall–Kier alpha value is -0.870. The topological polar surface area (TPSA) is 69.6 Å². The summed E-state index contributed by atoms with van der Waals surface area (Å²) in [5.74, 6) is -0.0221. The van der Waals surface area contributed by atoms with Crippen LogP contribution >= 0.6 is 0 Å². The molecule has 424 valence electrons. The van der Waals surface area contributed by atoms with Crippen LogP contribution in [0.3, 0.4) is 0 Å². The first-order valence-corrected chi connectivity index (χ1v) is 33.4. The predicted octanol–water partition coefficient (Wildman–Crippen LogP) is 22.4. The smallest absolute Gasteiger partial charge is 0.220 e. The molecule has 0 radical (unpaired) electrons. The lowest BCUT2D eigenvalue weighted by Gasteiger charge is -2.22. The minimum atomic E-state index is -0.657. The van der Waals surface area contributed by atoms with E-state index in [4.69, 9.17) is 0 Å². The van der Waals surface area contributed by atoms with Crippen molar-refractivity contribution in [3.8, 4) is 0 Å². The summed E-state index contributed by atoms with van der Waals surface area (Å²) in [6.07, 6.45) is 84.0. The molecular weight excluding hydrogens is 867 g/mol. The van der Waals surface area contributed by atoms with Crippen LogP contribution in [0.5, 0.6) is 0 Å². The van der Waals surface area contributed by atoms with E-state index in [1.165, 1.54) is 340 Å². The summed E-state index contributed by atoms with van der Waals surface area (Å²) in [6, 6.07) is -0.534. The highest BCUT2D eigenvalue weighted by Gasteiger charge is 2.20. The predicted molar refractivity (Wildman–Crippen MR) is 318 cm³/mol. The number of hydrogen-bond donors (Lipinski definition) is 3. The fraction of sp³-hybridized carbons (Fsp3) is 0.955. The number of unbranched alkanes of at least 4 members (excludes halogenated alkanes) is 54. The van der Waals surface area contributed by atoms with Crippen molar-refractivity contribution in [2.45, 2.75) is 405 Å². The zero-order valence-corrected chi connectivity index (χ0v) is 49.0. The highest BCUT2D eigenvalue weighted by Crippen LogP contribution is 2.19. The van der Waals surface area contributed by atoms with Gasteiger partial charge in [0.05, 0.1) is 18.8 Å². The van der Waals surface area contributed by atoms with Gasteiger partial charge in [0, 0.05) is 6.42 Å². The number of rotatable bonds is 63. The number of carbonyl (C=O) groups is 1. The lowest BCUT2D eigenvalue weighted by Crippen LogP contribution is -2.45. The maximum Gasteiger partial charge on any atom is 0.220 e. The quantitative estimate of drug-likeness (QED) is 0.0420. The average Bonchev–Trinajstić information content (AvgIpc) is 3.37. The van der Waals surface area contributed by atoms with Crippen molar-refractivity contribution in [2.75, 3.05) is 6.61 Å². The molecule has 0 saturated carbocycles. The van der Waals surface area contributed by atoms with E-state index in [0.717, 1.165) is 25.7 Å². The molecule has 4 heteroatoms. The van der Waals surface area contributed by atoms with Gasteiger partial charge in [-0.25, -0.2) is 0 Å². The second kappa shape index (κ2) is 63.4. The van der Waals surface area contributed by atoms with Gasteiger partial charge in [-0.3, -0.25) is 4.79 Å². The lowest BCUT2D eigenvalue weighted by molar-refractivity contribution is -0.123. The van der Waals surface area contributed by atoms with Crippen molar-refractivity contribution < 1.29 is 15.0 Å². The lowest BCUT2D eigenvalue weighted by atomic mass is 10.0. The van der Waals surface area contributed by atoms with Crippen molar-refractivity contribution in [2.24, 2.45) is 0 Å². The highest BCUT2D eigenvalue weighted by atomic mass is 16.3. The Labute approximate surface area is 447 Å². The van der Waals surface area contributed by atoms with Gasteiger partial charge in [0.15, 0.2) is 0 Å². The van der Waals surface area contributed by atoms with Gasteiger partial charge in [-0.1, -0.05) is 360 Å². The maximum absolute atomic E-state index is 12.5. The Morgan fingerprint density at radius 2 is 0.535 bits per heavy atom. The van der Waals surface area contributed by atoms with Crippen molar-refractivity contribution in [1.82, 2.24) is 5.32 Å². The van der Waals surface area contributed by atoms with E-state index in [1.807, 2.05) is 0 Å². The van der Waals surface area contributed by atoms with E-state index in [1.54, 1.807) is 0 Å². The zero-order valence-electron chi connectivity index (χ0n) is 49.0. The maximum atomic E-state index is 12.5. The summed E-state index contributed by atoms with van der Waals surface area (Å²) < 4.78 is 0. The second-order valence-corrected chi connectivity index (χ2v) is 23.2. The summed E-state index contributed by atoms with van der Waals surface area (Å²) >= 11 is 0. The van der Waals surface area contributed by atoms with Crippen LogP contribution in [0, 0.1) is 0 Å². The molecule has 0 fully saturated rings. The number of aliphatic hydroxyl groups excluding tert-OH is 2. The van der Waals surface area contributed by atoms with Crippen LogP contribution in [-0.4, -0.2) is 34.9 Å². The van der Waals surface area contributed by atoms with E-state index in [9.17, 15) is 15.0 Å². The third-order valence-corrected chi connectivity index (χ3v) is 16.0. The largest absolute Gasteiger partial charge is 0.394 e. The Balaban J connectivity index is 3.37. The van der Waals surface area contributed by atoms with Crippen molar-refractivity contribution in [3.05, 3.63) is 12.2 Å². The molecule has 0 aromatic carbocycles. The van der Waals surface area contributed by atoms with Crippen LogP contribution in [0.2, 0.25) is 0 Å². The molecule has 0 heterocycles. The van der Waals surface area contributed by atoms with E-state index in [-0.39, 0.29) is 12.5 Å². The Bertz CT molecular complexity index is 998. The van der Waals surface area contributed by atoms with Crippen LogP contribution in [-0.2, 0) is 4.79 Å². The van der Waals surface area contributed by atoms with Gasteiger partial charge >= 0.3 is 0 Å². The summed E-state index contributed by atoms with van der Waals surface area (Å²) in [5, 5.41) is 23.4. The molecule has 0 aromatic heterocycles. The number of amides is 1. The zero-order chi connectivity index (χ0) is 51.3. The van der Waals surface area contributed by atoms with Crippen LogP contribution in [0.4, 0.5) is 0 Å². The first-order valence-electron chi connectivity index (χ1n) is 33.4. The molecule has 3 N–H and O–H groups in total. The first-order chi connectivity index (χ1) is 35.2. The van der Waals surface area contributed by atoms with E-state index < -0.39 is 12.1 Å². The fourth-order valence-corrected chi connectivity index (χ4v) is 11.0. The standard InChI is InChI=1S/C67H133NO3/c1-3-5-7-9-11-13-15-17-19-21-23-25-27-28-29-30-31-32-33-34-35-36-37-38-39-40-41-43-45-47-49-51-53-55-57-59-61-63-67(71)68-65(64-69)66(70)62-60-58-56-54-52-50-48-46-44-42-26-24-22-20-18-16-14-12-10-8-6-4-2/h32-33,65-66,69-70H,3-31,34-64H2,1-2H3,(H,68,71)/b33-32-. The number of hydrogen-bond acceptors (Lipinski definition) is 3. The molecule has 0 bridgehead atoms. The van der Waals surface area contributed by atoms with Crippen molar-refractivity contribution in [3.63, 3.8) is 0 Å². The van der Waals surface area contributed by atoms with E-state index in [0.29, 0.717) is 12.8 Å². The third kappa shape index (κ3) is 59.9. The second-order valence-electron chi connectivity index (χ2n) is 23.2. The highest BCUT2D eigenvalue weighted by molar-refractivity contribution is 5.76. The van der Waals surface area contributed by atoms with Crippen molar-refractivity contribution >= 4 is 5.91 Å². The van der Waals surface area contributed by atoms with Crippen LogP contribution in [0.15, 0.2) is 12.2 Å². The van der Waals surface area contributed by atoms with Gasteiger partial charge in [0.25, 0.3) is 0 Å². The molecular formula is C67H133NO3. The molecule has 0 saturated heterocycles. The molecule has 2 atom stereocenters. The Kier molecular flexibility index (Phi) is 62.6. The van der Waals surface area contributed by atoms with Gasteiger partial charge in [-0.2, -0.15) is 0 Å². The normalized spacial score (nSPS) is 12.7. The molecule has 0 aliphatic carbocycles. The number of allylic oxidation sites excluding steroid dienone is 2. The van der Waals surface area contributed by atoms with E-state index in [2.05, 4.69) is 31.3 Å². The fourth-order valence-electron chi connectivity index (χ4n) is 11.0. The number of carbonyl (C=O) groups excluding carboxylic acids is 1. The Morgan fingerprint density at radius 1 is 0.324 bits per heavy atom. The SMILES string of the molecule is CCCCCCCCCCCCCCCCCC/C=C\CCCCCCCCCCCCCCCCCCCC(=O)NC(CO)C(O)CCCCCCCCCCCCCCCCCCCCCCCC. The molecule has 0 aliphatic rings. The minimum Gasteiger partial charge on any atom is -0.394 e. The molecule has 2 unspecified atom stereocenters. The van der Waals surface area contributed by atoms with Gasteiger partial charge in [0.2, 0.25) is 5.91 Å². The summed E-state index contributed by atoms with van der Waals surface area (Å²) in [7, 11) is 0. The molecule has 4 nitrogen and oxygen atoms in total. The van der Waals surface area contributed by atoms with Crippen LogP contribution < -0.4 is 5.32 Å². The first kappa shape index (κ1) is 70.1. The Morgan fingerprint density at radius 3 is 0.775 bits per heavy atom. The number of aliphatic hydroxyl groups is 2. The van der Waals surface area contributed by atoms with Gasteiger partial charge in [-0.15, -0.1) is 0 Å². The average molecular weight is 1000 g/mol. The summed E-state index contributed by atoms with van der Waals surface area (Å²) in [4.78, 5) is 12.5. The monoisotopic (exact) mass is 1000 g/mol. The van der Waals surface area contributed by atoms with E-state index >= 15 is 0 Å². The molecule has 0 aliphatic heterocycles. The number of nitrogens with one attached hydrogen (secondary N) is 1. The summed E-state index contributed by atoms with van der Waals surface area (Å²) in [6.45, 7) is 4.41. The molecule has 1 amide bonds. The molecule has 0 spiro atoms. The van der Waals surface area contributed by atoms with Crippen LogP contribution in [0.25, 0.3) is 0 Å². The molecule has 0 aromatic rings. The van der Waals surface area contributed by atoms with Gasteiger partial charge < -0.3 is 15.5 Å². The summed E-state index contributed by atoms with van der Waals surface area (Å²) in [5.41, 5.74) is 0. The van der Waals surface area contributed by atoms with Gasteiger partial charge in [-0.05, 0) is 38.5 Å². The third-order valence-electron chi connectivity index (χ3n) is 16.0. The van der Waals surface area contributed by atoms with Crippen molar-refractivity contribution in [1.29, 1.82) is 0 Å². The minimum absolute atomic E-state index is 0.0221. The molecule has 0 rings (SSSR count). The molecule has 71 heavy (non-hydrogen) atoms. The van der Waals surface area contributed by atoms with Crippen LogP contribution in [0.1, 0.15) is 393 Å².